The first-order valence-corrected chi connectivity index (χ1v) is 4.91. The number of aryl methyl sites for hydroxylation is 2. The van der Waals surface area contributed by atoms with Gasteiger partial charge in [-0.1, -0.05) is 13.3 Å². The maximum atomic E-state index is 11.3. The number of carbonyl (C=O) groups is 1. The number of ether oxygens (including phenoxy) is 1. The molecule has 0 bridgehead atoms. The summed E-state index contributed by atoms with van der Waals surface area (Å²) < 4.78 is 4.84. The zero-order chi connectivity index (χ0) is 10.6. The summed E-state index contributed by atoms with van der Waals surface area (Å²) in [6, 6.07) is 0. The van der Waals surface area contributed by atoms with Gasteiger partial charge in [-0.25, -0.2) is 9.78 Å². The second kappa shape index (κ2) is 4.79. The molecule has 1 N–H and O–H groups in total. The Hall–Kier alpha value is -1.32. The molecule has 0 spiro atoms. The van der Waals surface area contributed by atoms with Crippen molar-refractivity contribution in [2.45, 2.75) is 33.6 Å². The summed E-state index contributed by atoms with van der Waals surface area (Å²) >= 11 is 0. The van der Waals surface area contributed by atoms with Gasteiger partial charge in [-0.2, -0.15) is 0 Å². The Bertz CT molecular complexity index is 318. The van der Waals surface area contributed by atoms with Crippen molar-refractivity contribution in [1.29, 1.82) is 0 Å². The largest absolute Gasteiger partial charge is 0.460 e. The first kappa shape index (κ1) is 10.8. The van der Waals surface area contributed by atoms with E-state index in [-0.39, 0.29) is 5.97 Å². The van der Waals surface area contributed by atoms with Gasteiger partial charge in [0.1, 0.15) is 0 Å². The second-order valence-electron chi connectivity index (χ2n) is 3.13. The Morgan fingerprint density at radius 1 is 1.50 bits per heavy atom. The molecule has 0 saturated heterocycles. The van der Waals surface area contributed by atoms with Crippen molar-refractivity contribution >= 4 is 5.97 Å². The fourth-order valence-electron chi connectivity index (χ4n) is 1.27. The fourth-order valence-corrected chi connectivity index (χ4v) is 1.27. The van der Waals surface area contributed by atoms with Crippen LogP contribution in [0.2, 0.25) is 0 Å². The van der Waals surface area contributed by atoms with Gasteiger partial charge in [-0.05, 0) is 20.3 Å². The number of nitrogens with zero attached hydrogens (tertiary/aromatic N) is 1. The van der Waals surface area contributed by atoms with Crippen molar-refractivity contribution in [3.8, 4) is 0 Å². The lowest BCUT2D eigenvalue weighted by Crippen LogP contribution is -2.06. The molecule has 4 heteroatoms. The third-order valence-corrected chi connectivity index (χ3v) is 1.94. The lowest BCUT2D eigenvalue weighted by atomic mass is 10.2. The van der Waals surface area contributed by atoms with E-state index in [1.54, 1.807) is 6.92 Å². The normalized spacial score (nSPS) is 10.2. The molecule has 1 aromatic heterocycles. The predicted octanol–water partition coefficient (Wildman–Crippen LogP) is 1.85. The Morgan fingerprint density at radius 2 is 2.21 bits per heavy atom. The minimum atomic E-state index is -0.377. The predicted molar refractivity (Wildman–Crippen MR) is 53.3 cm³/mol. The molecule has 0 radical (unpaired) electrons. The highest BCUT2D eigenvalue weighted by molar-refractivity contribution is 5.85. The third kappa shape index (κ3) is 2.34. The number of aromatic amines is 1. The molecule has 1 rings (SSSR count). The van der Waals surface area contributed by atoms with Crippen molar-refractivity contribution in [2.24, 2.45) is 0 Å². The maximum Gasteiger partial charge on any atom is 0.374 e. The number of esters is 1. The molecule has 0 aliphatic heterocycles. The molecule has 0 atom stereocenters. The topological polar surface area (TPSA) is 55.0 Å². The van der Waals surface area contributed by atoms with E-state index in [2.05, 4.69) is 16.9 Å². The summed E-state index contributed by atoms with van der Waals surface area (Å²) in [5.41, 5.74) is 1.91. The summed E-state index contributed by atoms with van der Waals surface area (Å²) in [6.07, 6.45) is 1.91. The Labute approximate surface area is 83.7 Å². The second-order valence-corrected chi connectivity index (χ2v) is 3.13. The molecule has 1 heterocycles. The van der Waals surface area contributed by atoms with E-state index in [1.807, 2.05) is 6.92 Å². The first-order chi connectivity index (χ1) is 6.69. The van der Waals surface area contributed by atoms with Gasteiger partial charge in [-0.15, -0.1) is 0 Å². The van der Waals surface area contributed by atoms with Crippen LogP contribution < -0.4 is 0 Å². The SMILES string of the molecule is CCCc1nc(C(=O)OCC)[nH]c1C. The van der Waals surface area contributed by atoms with Crippen LogP contribution in [0, 0.1) is 6.92 Å². The molecule has 1 aromatic rings. The fraction of sp³-hybridized carbons (Fsp3) is 0.600. The van der Waals surface area contributed by atoms with Gasteiger partial charge in [0.25, 0.3) is 0 Å². The number of aromatic nitrogens is 2. The lowest BCUT2D eigenvalue weighted by molar-refractivity contribution is 0.0513. The Kier molecular flexibility index (Phi) is 3.68. The van der Waals surface area contributed by atoms with Gasteiger partial charge < -0.3 is 9.72 Å². The molecule has 0 fully saturated rings. The van der Waals surface area contributed by atoms with Crippen molar-refractivity contribution in [1.82, 2.24) is 9.97 Å². The summed E-state index contributed by atoms with van der Waals surface area (Å²) in [7, 11) is 0. The average Bonchev–Trinajstić information content (AvgIpc) is 2.49. The number of carbonyl (C=O) groups excluding carboxylic acids is 1. The molecule has 0 aromatic carbocycles. The van der Waals surface area contributed by atoms with E-state index in [0.29, 0.717) is 12.4 Å². The molecule has 4 nitrogen and oxygen atoms in total. The van der Waals surface area contributed by atoms with Crippen molar-refractivity contribution in [3.63, 3.8) is 0 Å². The standard InChI is InChI=1S/C10H16N2O2/c1-4-6-8-7(3)11-9(12-8)10(13)14-5-2/h4-6H2,1-3H3,(H,11,12). The van der Waals surface area contributed by atoms with Crippen LogP contribution in [0.3, 0.4) is 0 Å². The van der Waals surface area contributed by atoms with Crippen LogP contribution in [0.1, 0.15) is 42.3 Å². The van der Waals surface area contributed by atoms with Crippen molar-refractivity contribution in [3.05, 3.63) is 17.2 Å². The van der Waals surface area contributed by atoms with Gasteiger partial charge in [0.15, 0.2) is 0 Å². The molecular weight excluding hydrogens is 180 g/mol. The minimum absolute atomic E-state index is 0.313. The molecule has 0 amide bonds. The van der Waals surface area contributed by atoms with Crippen molar-refractivity contribution in [2.75, 3.05) is 6.61 Å². The number of rotatable bonds is 4. The number of hydrogen-bond donors (Lipinski definition) is 1. The summed E-state index contributed by atoms with van der Waals surface area (Å²) in [6.45, 7) is 6.15. The number of hydrogen-bond acceptors (Lipinski definition) is 3. The van der Waals surface area contributed by atoms with Gasteiger partial charge in [0.2, 0.25) is 5.82 Å². The van der Waals surface area contributed by atoms with Crippen LogP contribution in [0.5, 0.6) is 0 Å². The van der Waals surface area contributed by atoms with Crippen LogP contribution in [0.4, 0.5) is 0 Å². The van der Waals surface area contributed by atoms with E-state index in [9.17, 15) is 4.79 Å². The zero-order valence-corrected chi connectivity index (χ0v) is 8.89. The van der Waals surface area contributed by atoms with E-state index in [4.69, 9.17) is 4.74 Å². The van der Waals surface area contributed by atoms with E-state index in [0.717, 1.165) is 24.2 Å². The molecule has 0 saturated carbocycles. The van der Waals surface area contributed by atoms with Gasteiger partial charge in [-0.3, -0.25) is 0 Å². The first-order valence-electron chi connectivity index (χ1n) is 4.91. The van der Waals surface area contributed by atoms with Gasteiger partial charge >= 0.3 is 5.97 Å². The zero-order valence-electron chi connectivity index (χ0n) is 8.89. The van der Waals surface area contributed by atoms with Crippen LogP contribution in [0.25, 0.3) is 0 Å². The lowest BCUT2D eigenvalue weighted by Gasteiger charge is -1.95. The van der Waals surface area contributed by atoms with Crippen LogP contribution in [0.15, 0.2) is 0 Å². The molecule has 14 heavy (non-hydrogen) atoms. The van der Waals surface area contributed by atoms with E-state index < -0.39 is 0 Å². The quantitative estimate of drug-likeness (QED) is 0.748. The molecule has 0 unspecified atom stereocenters. The summed E-state index contributed by atoms with van der Waals surface area (Å²) in [5.74, 6) is -0.0641. The number of imidazole rings is 1. The van der Waals surface area contributed by atoms with E-state index in [1.165, 1.54) is 0 Å². The van der Waals surface area contributed by atoms with Crippen LogP contribution >= 0.6 is 0 Å². The monoisotopic (exact) mass is 196 g/mol. The highest BCUT2D eigenvalue weighted by Gasteiger charge is 2.13. The highest BCUT2D eigenvalue weighted by atomic mass is 16.5. The molecular formula is C10H16N2O2. The van der Waals surface area contributed by atoms with Gasteiger partial charge in [0, 0.05) is 5.69 Å². The van der Waals surface area contributed by atoms with Crippen molar-refractivity contribution < 1.29 is 9.53 Å². The Balaban J connectivity index is 2.79. The summed E-state index contributed by atoms with van der Waals surface area (Å²) in [5, 5.41) is 0. The van der Waals surface area contributed by atoms with Crippen LogP contribution in [-0.4, -0.2) is 22.5 Å². The maximum absolute atomic E-state index is 11.3. The van der Waals surface area contributed by atoms with E-state index >= 15 is 0 Å². The highest BCUT2D eigenvalue weighted by Crippen LogP contribution is 2.08. The third-order valence-electron chi connectivity index (χ3n) is 1.94. The minimum Gasteiger partial charge on any atom is -0.460 e. The van der Waals surface area contributed by atoms with Gasteiger partial charge in [0.05, 0.1) is 12.3 Å². The smallest absolute Gasteiger partial charge is 0.374 e. The van der Waals surface area contributed by atoms with Crippen LogP contribution in [-0.2, 0) is 11.2 Å². The number of H-pyrrole nitrogens is 1. The molecule has 78 valence electrons. The summed E-state index contributed by atoms with van der Waals surface area (Å²) in [4.78, 5) is 18.4. The molecule has 0 aliphatic carbocycles. The Morgan fingerprint density at radius 3 is 2.79 bits per heavy atom. The molecule has 0 aliphatic rings. The average molecular weight is 196 g/mol. The number of nitrogens with one attached hydrogen (secondary N) is 1.